The number of carbonyl (C=O) groups is 1. The molecule has 0 fully saturated rings. The normalized spacial score (nSPS) is 11.2. The number of amides is 1. The van der Waals surface area contributed by atoms with E-state index in [1.165, 1.54) is 6.21 Å². The molecule has 0 bridgehead atoms. The van der Waals surface area contributed by atoms with Crippen LogP contribution in [0.3, 0.4) is 0 Å². The smallest absolute Gasteiger partial charge is 0.307 e. The fourth-order valence-corrected chi connectivity index (χ4v) is 4.15. The molecular weight excluding hydrogens is 534 g/mol. The average Bonchev–Trinajstić information content (AvgIpc) is 3.01. The molecule has 8 heteroatoms. The van der Waals surface area contributed by atoms with Crippen molar-refractivity contribution >= 4 is 73.2 Å². The third-order valence-electron chi connectivity index (χ3n) is 3.40. The zero-order valence-corrected chi connectivity index (χ0v) is 18.1. The first-order chi connectivity index (χ1) is 12.5. The Morgan fingerprint density at radius 1 is 1.38 bits per heavy atom. The van der Waals surface area contributed by atoms with Crippen LogP contribution >= 0.6 is 50.1 Å². The molecule has 0 aliphatic rings. The number of furan rings is 1. The topological polar surface area (TPSA) is 63.8 Å². The van der Waals surface area contributed by atoms with Crippen LogP contribution in [0.15, 0.2) is 50.4 Å². The summed E-state index contributed by atoms with van der Waals surface area (Å²) < 4.78 is 13.0. The number of hydrogen-bond donors (Lipinski definition) is 1. The van der Waals surface area contributed by atoms with Gasteiger partial charge in [-0.25, -0.2) is 5.43 Å². The number of hydrogen-bond acceptors (Lipinski definition) is 4. The lowest BCUT2D eigenvalue weighted by Crippen LogP contribution is -2.16. The summed E-state index contributed by atoms with van der Waals surface area (Å²) in [7, 11) is 0. The first-order valence-corrected chi connectivity index (χ1v) is 9.87. The van der Waals surface area contributed by atoms with Crippen molar-refractivity contribution < 1.29 is 13.9 Å². The Balaban J connectivity index is 1.78. The van der Waals surface area contributed by atoms with Crippen molar-refractivity contribution in [3.05, 3.63) is 60.8 Å². The van der Waals surface area contributed by atoms with E-state index in [0.717, 1.165) is 13.4 Å². The minimum Gasteiger partial charge on any atom is -0.493 e. The van der Waals surface area contributed by atoms with Crippen molar-refractivity contribution in [1.82, 2.24) is 5.43 Å². The van der Waals surface area contributed by atoms with E-state index in [9.17, 15) is 4.79 Å². The summed E-state index contributed by atoms with van der Waals surface area (Å²) in [6.45, 7) is 2.40. The third kappa shape index (κ3) is 4.39. The van der Waals surface area contributed by atoms with Crippen LogP contribution < -0.4 is 10.2 Å². The summed E-state index contributed by atoms with van der Waals surface area (Å²) >= 11 is 11.6. The van der Waals surface area contributed by atoms with Crippen LogP contribution in [0.4, 0.5) is 0 Å². The molecule has 1 amide bonds. The first-order valence-electron chi connectivity index (χ1n) is 7.62. The highest BCUT2D eigenvalue weighted by atomic mass is 127. The number of ether oxygens (including phenoxy) is 1. The standard InChI is InChI=1S/C18H13BrClIN2O3/c1-2-25-15-4-3-13(20)6-11(15)9-22-23-18(24)16-7-10-5-12(19)8-14(21)17(10)26-16/h3-9H,2H2,1H3,(H,23,24)/b22-9-. The van der Waals surface area contributed by atoms with Gasteiger partial charge in [0.05, 0.1) is 16.4 Å². The molecule has 26 heavy (non-hydrogen) atoms. The molecule has 1 N–H and O–H groups in total. The van der Waals surface area contributed by atoms with Crippen molar-refractivity contribution in [1.29, 1.82) is 0 Å². The van der Waals surface area contributed by atoms with Crippen molar-refractivity contribution in [3.63, 3.8) is 0 Å². The summed E-state index contributed by atoms with van der Waals surface area (Å²) in [5, 5.41) is 5.37. The second kappa shape index (κ2) is 8.41. The average molecular weight is 548 g/mol. The van der Waals surface area contributed by atoms with E-state index in [1.54, 1.807) is 24.3 Å². The van der Waals surface area contributed by atoms with Gasteiger partial charge in [0.15, 0.2) is 5.76 Å². The summed E-state index contributed by atoms with van der Waals surface area (Å²) in [4.78, 5) is 12.3. The fourth-order valence-electron chi connectivity index (χ4n) is 2.31. The molecule has 134 valence electrons. The Kier molecular flexibility index (Phi) is 6.20. The second-order valence-corrected chi connectivity index (χ2v) is 7.75. The highest BCUT2D eigenvalue weighted by molar-refractivity contribution is 14.1. The number of halogens is 3. The van der Waals surface area contributed by atoms with E-state index in [0.29, 0.717) is 28.5 Å². The van der Waals surface area contributed by atoms with Gasteiger partial charge >= 0.3 is 5.91 Å². The van der Waals surface area contributed by atoms with E-state index in [4.69, 9.17) is 20.8 Å². The number of hydrazone groups is 1. The predicted molar refractivity (Wildman–Crippen MR) is 114 cm³/mol. The van der Waals surface area contributed by atoms with Crippen molar-refractivity contribution in [2.45, 2.75) is 6.92 Å². The highest BCUT2D eigenvalue weighted by Gasteiger charge is 2.14. The first kappa shape index (κ1) is 19.2. The minimum absolute atomic E-state index is 0.185. The molecular formula is C18H13BrClIN2O3. The van der Waals surface area contributed by atoms with E-state index in [-0.39, 0.29) is 5.76 Å². The SMILES string of the molecule is CCOc1ccc(Cl)cc1/C=N\NC(=O)c1cc2cc(Br)cc(I)c2o1. The molecule has 0 saturated carbocycles. The third-order valence-corrected chi connectivity index (χ3v) is 4.90. The lowest BCUT2D eigenvalue weighted by Gasteiger charge is -2.06. The van der Waals surface area contributed by atoms with Crippen LogP contribution in [-0.2, 0) is 0 Å². The van der Waals surface area contributed by atoms with Crippen LogP contribution in [-0.4, -0.2) is 18.7 Å². The van der Waals surface area contributed by atoms with Crippen LogP contribution in [0.5, 0.6) is 5.75 Å². The van der Waals surface area contributed by atoms with Gasteiger partial charge in [-0.05, 0) is 65.9 Å². The molecule has 3 rings (SSSR count). The number of carbonyl (C=O) groups excluding carboxylic acids is 1. The van der Waals surface area contributed by atoms with Crippen molar-refractivity contribution in [2.24, 2.45) is 5.10 Å². The van der Waals surface area contributed by atoms with Gasteiger partial charge in [-0.1, -0.05) is 27.5 Å². The molecule has 0 radical (unpaired) electrons. The van der Waals surface area contributed by atoms with Crippen LogP contribution in [0.1, 0.15) is 23.0 Å². The molecule has 2 aromatic carbocycles. The molecule has 0 saturated heterocycles. The highest BCUT2D eigenvalue weighted by Crippen LogP contribution is 2.28. The van der Waals surface area contributed by atoms with Crippen LogP contribution in [0.25, 0.3) is 11.0 Å². The number of fused-ring (bicyclic) bond motifs is 1. The van der Waals surface area contributed by atoms with Crippen molar-refractivity contribution in [3.8, 4) is 5.75 Å². The molecule has 3 aromatic rings. The van der Waals surface area contributed by atoms with Gasteiger partial charge in [-0.2, -0.15) is 5.10 Å². The van der Waals surface area contributed by atoms with Crippen LogP contribution in [0, 0.1) is 3.57 Å². The van der Waals surface area contributed by atoms with Gasteiger partial charge in [0.25, 0.3) is 0 Å². The Labute approximate surface area is 177 Å². The lowest BCUT2D eigenvalue weighted by atomic mass is 10.2. The van der Waals surface area contributed by atoms with Gasteiger partial charge in [-0.15, -0.1) is 0 Å². The Hall–Kier alpha value is -1.58. The Morgan fingerprint density at radius 2 is 2.19 bits per heavy atom. The quantitative estimate of drug-likeness (QED) is 0.256. The van der Waals surface area contributed by atoms with Gasteiger partial charge < -0.3 is 9.15 Å². The molecule has 1 heterocycles. The van der Waals surface area contributed by atoms with Gasteiger partial charge in [-0.3, -0.25) is 4.79 Å². The van der Waals surface area contributed by atoms with Gasteiger partial charge in [0, 0.05) is 20.4 Å². The monoisotopic (exact) mass is 546 g/mol. The number of nitrogens with zero attached hydrogens (tertiary/aromatic N) is 1. The molecule has 0 aliphatic carbocycles. The number of nitrogens with one attached hydrogen (secondary N) is 1. The fraction of sp³-hybridized carbons (Fsp3) is 0.111. The number of rotatable bonds is 5. The Morgan fingerprint density at radius 3 is 2.96 bits per heavy atom. The van der Waals surface area contributed by atoms with E-state index < -0.39 is 5.91 Å². The molecule has 1 aromatic heterocycles. The largest absolute Gasteiger partial charge is 0.493 e. The summed E-state index contributed by atoms with van der Waals surface area (Å²) in [6, 6.07) is 10.7. The predicted octanol–water partition coefficient (Wildman–Crippen LogP) is 5.62. The number of benzene rings is 2. The maximum absolute atomic E-state index is 12.3. The van der Waals surface area contributed by atoms with Crippen LogP contribution in [0.2, 0.25) is 5.02 Å². The lowest BCUT2D eigenvalue weighted by molar-refractivity contribution is 0.0929. The maximum atomic E-state index is 12.3. The summed E-state index contributed by atoms with van der Waals surface area (Å²) in [5.74, 6) is 0.381. The second-order valence-electron chi connectivity index (χ2n) is 5.23. The minimum atomic E-state index is -0.440. The summed E-state index contributed by atoms with van der Waals surface area (Å²) in [5.41, 5.74) is 3.79. The van der Waals surface area contributed by atoms with E-state index >= 15 is 0 Å². The molecule has 0 atom stereocenters. The zero-order valence-electron chi connectivity index (χ0n) is 13.6. The molecule has 0 spiro atoms. The van der Waals surface area contributed by atoms with Crippen molar-refractivity contribution in [2.75, 3.05) is 6.61 Å². The maximum Gasteiger partial charge on any atom is 0.307 e. The molecule has 5 nitrogen and oxygen atoms in total. The molecule has 0 unspecified atom stereocenters. The van der Waals surface area contributed by atoms with E-state index in [1.807, 2.05) is 19.1 Å². The summed E-state index contributed by atoms with van der Waals surface area (Å²) in [6.07, 6.45) is 1.48. The van der Waals surface area contributed by atoms with E-state index in [2.05, 4.69) is 49.0 Å². The Bertz CT molecular complexity index is 1000. The molecule has 0 aliphatic heterocycles. The zero-order chi connectivity index (χ0) is 18.7. The van der Waals surface area contributed by atoms with Gasteiger partial charge in [0.2, 0.25) is 0 Å². The van der Waals surface area contributed by atoms with Gasteiger partial charge in [0.1, 0.15) is 11.3 Å².